The highest BCUT2D eigenvalue weighted by molar-refractivity contribution is 5.91. The summed E-state index contributed by atoms with van der Waals surface area (Å²) in [6, 6.07) is 18.2. The van der Waals surface area contributed by atoms with Gasteiger partial charge in [-0.25, -0.2) is 14.0 Å². The van der Waals surface area contributed by atoms with Crippen molar-refractivity contribution in [1.82, 2.24) is 0 Å². The molecule has 0 amide bonds. The van der Waals surface area contributed by atoms with E-state index in [1.54, 1.807) is 31.2 Å². The molecule has 0 saturated heterocycles. The molecule has 3 aromatic rings. The number of carbonyl (C=O) groups is 2. The van der Waals surface area contributed by atoms with E-state index in [1.807, 2.05) is 24.3 Å². The summed E-state index contributed by atoms with van der Waals surface area (Å²) in [5.41, 5.74) is 1.89. The maximum absolute atomic E-state index is 14.5. The van der Waals surface area contributed by atoms with Crippen LogP contribution in [-0.2, 0) is 9.53 Å². The van der Waals surface area contributed by atoms with Gasteiger partial charge in [0.2, 0.25) is 0 Å². The van der Waals surface area contributed by atoms with Gasteiger partial charge in [0.05, 0.1) is 12.2 Å². The fourth-order valence-electron chi connectivity index (χ4n) is 4.29. The molecular weight excluding hydrogens is 535 g/mol. The second-order valence-electron chi connectivity index (χ2n) is 10.3. The Bertz CT molecular complexity index is 1240. The van der Waals surface area contributed by atoms with Crippen LogP contribution in [0.3, 0.4) is 0 Å². The minimum absolute atomic E-state index is 0.106. The maximum atomic E-state index is 14.5. The Hall–Kier alpha value is -3.71. The van der Waals surface area contributed by atoms with Gasteiger partial charge >= 0.3 is 11.9 Å². The van der Waals surface area contributed by atoms with Gasteiger partial charge in [-0.15, -0.1) is 0 Å². The number of rotatable bonds is 18. The molecule has 7 heteroatoms. The lowest BCUT2D eigenvalue weighted by Crippen LogP contribution is -2.26. The molecule has 0 saturated carbocycles. The highest BCUT2D eigenvalue weighted by atomic mass is 19.1. The van der Waals surface area contributed by atoms with E-state index < -0.39 is 23.9 Å². The van der Waals surface area contributed by atoms with E-state index in [9.17, 15) is 14.0 Å². The van der Waals surface area contributed by atoms with Crippen LogP contribution in [-0.4, -0.2) is 31.3 Å². The molecule has 0 bridgehead atoms. The average molecular weight is 579 g/mol. The van der Waals surface area contributed by atoms with Crippen molar-refractivity contribution in [3.05, 3.63) is 78.1 Å². The number of benzene rings is 3. The number of esters is 2. The molecule has 0 unspecified atom stereocenters. The minimum Gasteiger partial charge on any atom is -0.491 e. The molecule has 0 aliphatic carbocycles. The Morgan fingerprint density at radius 1 is 0.690 bits per heavy atom. The lowest BCUT2D eigenvalue weighted by molar-refractivity contribution is -0.146. The molecule has 6 nitrogen and oxygen atoms in total. The summed E-state index contributed by atoms with van der Waals surface area (Å²) in [7, 11) is 0. The topological polar surface area (TPSA) is 71.1 Å². The lowest BCUT2D eigenvalue weighted by Gasteiger charge is -2.12. The maximum Gasteiger partial charge on any atom is 0.343 e. The van der Waals surface area contributed by atoms with Crippen LogP contribution in [0.2, 0.25) is 0 Å². The van der Waals surface area contributed by atoms with Crippen molar-refractivity contribution < 1.29 is 32.9 Å². The Morgan fingerprint density at radius 2 is 1.24 bits per heavy atom. The predicted octanol–water partition coefficient (Wildman–Crippen LogP) is 8.95. The molecule has 0 fully saturated rings. The monoisotopic (exact) mass is 578 g/mol. The lowest BCUT2D eigenvalue weighted by atomic mass is 10.1. The van der Waals surface area contributed by atoms with Crippen molar-refractivity contribution in [2.75, 3.05) is 13.2 Å². The SMILES string of the molecule is CCCCCCCCOc1ccc(C(=O)Oc2ccc(-c3ccc(OC(=O)[C@H](C)OCCCCC)cc3)cc2)cc1F. The molecular formula is C35H43FO6. The summed E-state index contributed by atoms with van der Waals surface area (Å²) >= 11 is 0. The summed E-state index contributed by atoms with van der Waals surface area (Å²) in [6.07, 6.45) is 9.18. The van der Waals surface area contributed by atoms with Crippen LogP contribution in [0.4, 0.5) is 4.39 Å². The summed E-state index contributed by atoms with van der Waals surface area (Å²) < 4.78 is 36.5. The molecule has 3 rings (SSSR count). The van der Waals surface area contributed by atoms with Gasteiger partial charge in [-0.3, -0.25) is 0 Å². The molecule has 42 heavy (non-hydrogen) atoms. The van der Waals surface area contributed by atoms with Gasteiger partial charge in [0.15, 0.2) is 17.7 Å². The molecule has 0 aromatic heterocycles. The largest absolute Gasteiger partial charge is 0.491 e. The van der Waals surface area contributed by atoms with Gasteiger partial charge in [0.25, 0.3) is 0 Å². The van der Waals surface area contributed by atoms with Gasteiger partial charge in [-0.2, -0.15) is 0 Å². The van der Waals surface area contributed by atoms with E-state index in [0.717, 1.165) is 55.7 Å². The zero-order valence-electron chi connectivity index (χ0n) is 25.0. The zero-order valence-corrected chi connectivity index (χ0v) is 25.0. The summed E-state index contributed by atoms with van der Waals surface area (Å²) in [5.74, 6) is -0.765. The van der Waals surface area contributed by atoms with Crippen molar-refractivity contribution in [3.63, 3.8) is 0 Å². The first-order valence-corrected chi connectivity index (χ1v) is 15.1. The second-order valence-corrected chi connectivity index (χ2v) is 10.3. The molecule has 0 N–H and O–H groups in total. The third-order valence-corrected chi connectivity index (χ3v) is 6.84. The third kappa shape index (κ3) is 10.9. The Kier molecular flexibility index (Phi) is 14.0. The van der Waals surface area contributed by atoms with Gasteiger partial charge < -0.3 is 18.9 Å². The fourth-order valence-corrected chi connectivity index (χ4v) is 4.29. The second kappa shape index (κ2) is 18.0. The molecule has 0 heterocycles. The quantitative estimate of drug-likeness (QED) is 0.0852. The van der Waals surface area contributed by atoms with Crippen LogP contribution in [0.25, 0.3) is 11.1 Å². The Balaban J connectivity index is 1.47. The van der Waals surface area contributed by atoms with E-state index in [0.29, 0.717) is 24.7 Å². The van der Waals surface area contributed by atoms with Crippen molar-refractivity contribution in [1.29, 1.82) is 0 Å². The van der Waals surface area contributed by atoms with Crippen LogP contribution in [0.5, 0.6) is 17.2 Å². The van der Waals surface area contributed by atoms with E-state index in [4.69, 9.17) is 18.9 Å². The highest BCUT2D eigenvalue weighted by Crippen LogP contribution is 2.26. The standard InChI is InChI=1S/C35H43FO6/c1-4-6-8-9-10-12-24-40-33-22-17-29(25-32(33)36)35(38)42-31-20-15-28(16-21-31)27-13-18-30(19-14-27)41-34(37)26(3)39-23-11-7-5-2/h13-22,25-26H,4-12,23-24H2,1-3H3/t26-/m0/s1. The highest BCUT2D eigenvalue weighted by Gasteiger charge is 2.16. The fraction of sp³-hybridized carbons (Fsp3) is 0.429. The van der Waals surface area contributed by atoms with Gasteiger partial charge in [-0.05, 0) is 73.4 Å². The first-order chi connectivity index (χ1) is 20.4. The van der Waals surface area contributed by atoms with Crippen LogP contribution in [0.1, 0.15) is 88.9 Å². The summed E-state index contributed by atoms with van der Waals surface area (Å²) in [5, 5.41) is 0. The Labute approximate surface area is 249 Å². The molecule has 226 valence electrons. The normalized spacial score (nSPS) is 11.6. The van der Waals surface area contributed by atoms with E-state index in [2.05, 4.69) is 13.8 Å². The number of unbranched alkanes of at least 4 members (excludes halogenated alkanes) is 7. The van der Waals surface area contributed by atoms with Crippen molar-refractivity contribution in [2.45, 2.75) is 84.7 Å². The number of halogens is 1. The van der Waals surface area contributed by atoms with Crippen LogP contribution in [0, 0.1) is 5.82 Å². The van der Waals surface area contributed by atoms with Gasteiger partial charge in [0, 0.05) is 6.61 Å². The Morgan fingerprint density at radius 3 is 1.86 bits per heavy atom. The average Bonchev–Trinajstić information content (AvgIpc) is 3.00. The number of hydrogen-bond acceptors (Lipinski definition) is 6. The molecule has 3 aromatic carbocycles. The minimum atomic E-state index is -0.654. The van der Waals surface area contributed by atoms with Gasteiger partial charge in [-0.1, -0.05) is 83.1 Å². The molecule has 0 aliphatic heterocycles. The van der Waals surface area contributed by atoms with Gasteiger partial charge in [0.1, 0.15) is 11.5 Å². The van der Waals surface area contributed by atoms with Crippen molar-refractivity contribution in [3.8, 4) is 28.4 Å². The first kappa shape index (κ1) is 32.8. The van der Waals surface area contributed by atoms with E-state index in [-0.39, 0.29) is 11.3 Å². The van der Waals surface area contributed by atoms with E-state index in [1.165, 1.54) is 31.4 Å². The summed E-state index contributed by atoms with van der Waals surface area (Å²) in [6.45, 7) is 6.96. The predicted molar refractivity (Wildman–Crippen MR) is 163 cm³/mol. The van der Waals surface area contributed by atoms with Crippen molar-refractivity contribution in [2.24, 2.45) is 0 Å². The summed E-state index contributed by atoms with van der Waals surface area (Å²) in [4.78, 5) is 24.9. The smallest absolute Gasteiger partial charge is 0.343 e. The third-order valence-electron chi connectivity index (χ3n) is 6.84. The number of hydrogen-bond donors (Lipinski definition) is 0. The molecule has 0 spiro atoms. The molecule has 0 radical (unpaired) electrons. The van der Waals surface area contributed by atoms with Crippen LogP contribution < -0.4 is 14.2 Å². The van der Waals surface area contributed by atoms with E-state index >= 15 is 0 Å². The van der Waals surface area contributed by atoms with Crippen LogP contribution in [0.15, 0.2) is 66.7 Å². The first-order valence-electron chi connectivity index (χ1n) is 15.1. The number of ether oxygens (including phenoxy) is 4. The molecule has 1 atom stereocenters. The zero-order chi connectivity index (χ0) is 30.2. The molecule has 0 aliphatic rings. The number of carbonyl (C=O) groups excluding carboxylic acids is 2. The van der Waals surface area contributed by atoms with Crippen molar-refractivity contribution >= 4 is 11.9 Å². The van der Waals surface area contributed by atoms with Crippen LogP contribution >= 0.6 is 0 Å².